The minimum atomic E-state index is -1.03. The van der Waals surface area contributed by atoms with E-state index < -0.39 is 5.97 Å². The monoisotopic (exact) mass is 320 g/mol. The summed E-state index contributed by atoms with van der Waals surface area (Å²) >= 11 is 0. The third-order valence-electron chi connectivity index (χ3n) is 4.15. The van der Waals surface area contributed by atoms with E-state index in [0.717, 1.165) is 16.8 Å². The van der Waals surface area contributed by atoms with Crippen LogP contribution in [0.5, 0.6) is 0 Å². The molecule has 122 valence electrons. The van der Waals surface area contributed by atoms with E-state index in [9.17, 15) is 9.90 Å². The fourth-order valence-corrected chi connectivity index (χ4v) is 2.71. The Bertz CT molecular complexity index is 877. The van der Waals surface area contributed by atoms with Crippen molar-refractivity contribution in [2.24, 2.45) is 0 Å². The molecule has 0 aliphatic rings. The Labute approximate surface area is 141 Å². The molecular formula is C20H20N2O2. The second-order valence-electron chi connectivity index (χ2n) is 6.19. The molecule has 0 amide bonds. The standard InChI is InChI=1S/C20H20N2O2/c1-13(2)15-8-10-16(11-9-15)22-12-18(20(23)24)21-19(22)17-7-5-4-6-14(17)3/h4-13H,1-3H3,(H,23,24). The van der Waals surface area contributed by atoms with Crippen LogP contribution in [0.3, 0.4) is 0 Å². The number of aromatic nitrogens is 2. The van der Waals surface area contributed by atoms with E-state index in [1.54, 1.807) is 6.20 Å². The quantitative estimate of drug-likeness (QED) is 0.760. The van der Waals surface area contributed by atoms with Crippen LogP contribution in [0.4, 0.5) is 0 Å². The van der Waals surface area contributed by atoms with Gasteiger partial charge in [0.15, 0.2) is 5.69 Å². The zero-order valence-corrected chi connectivity index (χ0v) is 14.0. The molecule has 0 aliphatic carbocycles. The summed E-state index contributed by atoms with van der Waals surface area (Å²) in [7, 11) is 0. The SMILES string of the molecule is Cc1ccccc1-c1nc(C(=O)O)cn1-c1ccc(C(C)C)cc1. The minimum absolute atomic E-state index is 0.0428. The van der Waals surface area contributed by atoms with Gasteiger partial charge in [-0.3, -0.25) is 4.57 Å². The van der Waals surface area contributed by atoms with Gasteiger partial charge in [-0.2, -0.15) is 0 Å². The molecule has 0 spiro atoms. The fourth-order valence-electron chi connectivity index (χ4n) is 2.71. The van der Waals surface area contributed by atoms with Gasteiger partial charge in [0.1, 0.15) is 5.82 Å². The van der Waals surface area contributed by atoms with E-state index in [0.29, 0.717) is 11.7 Å². The van der Waals surface area contributed by atoms with Gasteiger partial charge in [0.05, 0.1) is 0 Å². The summed E-state index contributed by atoms with van der Waals surface area (Å²) in [5.74, 6) is 0.0671. The van der Waals surface area contributed by atoms with Crippen molar-refractivity contribution in [1.82, 2.24) is 9.55 Å². The second-order valence-corrected chi connectivity index (χ2v) is 6.19. The maximum absolute atomic E-state index is 11.4. The maximum atomic E-state index is 11.4. The van der Waals surface area contributed by atoms with Gasteiger partial charge >= 0.3 is 5.97 Å². The van der Waals surface area contributed by atoms with Crippen LogP contribution in [0.2, 0.25) is 0 Å². The minimum Gasteiger partial charge on any atom is -0.476 e. The molecule has 0 unspecified atom stereocenters. The molecule has 0 fully saturated rings. The summed E-state index contributed by atoms with van der Waals surface area (Å²) in [6, 6.07) is 16.0. The van der Waals surface area contributed by atoms with Gasteiger partial charge in [-0.15, -0.1) is 0 Å². The molecule has 0 bridgehead atoms. The Hall–Kier alpha value is -2.88. The van der Waals surface area contributed by atoms with Crippen LogP contribution in [0.1, 0.15) is 41.4 Å². The van der Waals surface area contributed by atoms with Gasteiger partial charge in [0.2, 0.25) is 0 Å². The van der Waals surface area contributed by atoms with E-state index in [1.807, 2.05) is 47.9 Å². The number of benzene rings is 2. The molecule has 1 N–H and O–H groups in total. The predicted octanol–water partition coefficient (Wildman–Crippen LogP) is 4.67. The number of carboxylic acid groups (broad SMARTS) is 1. The van der Waals surface area contributed by atoms with Crippen LogP contribution in [-0.2, 0) is 0 Å². The molecule has 2 aromatic carbocycles. The lowest BCUT2D eigenvalue weighted by Crippen LogP contribution is -1.98. The second kappa shape index (κ2) is 6.32. The van der Waals surface area contributed by atoms with E-state index in [1.165, 1.54) is 5.56 Å². The highest BCUT2D eigenvalue weighted by molar-refractivity contribution is 5.86. The van der Waals surface area contributed by atoms with Crippen molar-refractivity contribution >= 4 is 5.97 Å². The van der Waals surface area contributed by atoms with E-state index in [4.69, 9.17) is 0 Å². The molecule has 3 aromatic rings. The lowest BCUT2D eigenvalue weighted by molar-refractivity contribution is 0.0691. The van der Waals surface area contributed by atoms with E-state index in [-0.39, 0.29) is 5.69 Å². The van der Waals surface area contributed by atoms with Gasteiger partial charge in [-0.1, -0.05) is 50.2 Å². The van der Waals surface area contributed by atoms with Gasteiger partial charge in [-0.25, -0.2) is 9.78 Å². The Kier molecular flexibility index (Phi) is 4.21. The van der Waals surface area contributed by atoms with E-state index in [2.05, 4.69) is 31.0 Å². The molecule has 3 rings (SSSR count). The number of aryl methyl sites for hydroxylation is 1. The lowest BCUT2D eigenvalue weighted by Gasteiger charge is -2.11. The van der Waals surface area contributed by atoms with E-state index >= 15 is 0 Å². The number of imidazole rings is 1. The highest BCUT2D eigenvalue weighted by Crippen LogP contribution is 2.26. The van der Waals surface area contributed by atoms with Crippen LogP contribution in [0.15, 0.2) is 54.7 Å². The van der Waals surface area contributed by atoms with Crippen molar-refractivity contribution in [2.45, 2.75) is 26.7 Å². The average Bonchev–Trinajstić information content (AvgIpc) is 3.00. The Morgan fingerprint density at radius 1 is 1.08 bits per heavy atom. The normalized spacial score (nSPS) is 11.0. The first-order valence-electron chi connectivity index (χ1n) is 7.96. The molecule has 4 heteroatoms. The van der Waals surface area contributed by atoms with Crippen LogP contribution >= 0.6 is 0 Å². The number of hydrogen-bond donors (Lipinski definition) is 1. The molecule has 24 heavy (non-hydrogen) atoms. The van der Waals surface area contributed by atoms with Gasteiger partial charge in [0, 0.05) is 17.4 Å². The Balaban J connectivity index is 2.16. The number of nitrogens with zero attached hydrogens (tertiary/aromatic N) is 2. The van der Waals surface area contributed by atoms with Crippen LogP contribution in [0.25, 0.3) is 17.1 Å². The zero-order chi connectivity index (χ0) is 17.3. The topological polar surface area (TPSA) is 55.1 Å². The Morgan fingerprint density at radius 3 is 2.33 bits per heavy atom. The van der Waals surface area contributed by atoms with Gasteiger partial charge in [-0.05, 0) is 36.1 Å². The Morgan fingerprint density at radius 2 is 1.75 bits per heavy atom. The van der Waals surface area contributed by atoms with Gasteiger partial charge in [0.25, 0.3) is 0 Å². The number of carboxylic acids is 1. The molecule has 0 radical (unpaired) electrons. The number of carbonyl (C=O) groups is 1. The first-order valence-corrected chi connectivity index (χ1v) is 7.96. The predicted molar refractivity (Wildman–Crippen MR) is 94.8 cm³/mol. The molecule has 1 heterocycles. The smallest absolute Gasteiger partial charge is 0.356 e. The molecule has 4 nitrogen and oxygen atoms in total. The molecule has 0 saturated carbocycles. The maximum Gasteiger partial charge on any atom is 0.356 e. The van der Waals surface area contributed by atoms with Crippen molar-refractivity contribution < 1.29 is 9.90 Å². The van der Waals surface area contributed by atoms with Crippen LogP contribution in [-0.4, -0.2) is 20.6 Å². The molecule has 0 atom stereocenters. The summed E-state index contributed by atoms with van der Waals surface area (Å²) in [6.07, 6.45) is 1.58. The highest BCUT2D eigenvalue weighted by Gasteiger charge is 2.17. The largest absolute Gasteiger partial charge is 0.476 e. The van der Waals surface area contributed by atoms with Crippen molar-refractivity contribution in [2.75, 3.05) is 0 Å². The third-order valence-corrected chi connectivity index (χ3v) is 4.15. The van der Waals surface area contributed by atoms with Gasteiger partial charge < -0.3 is 5.11 Å². The summed E-state index contributed by atoms with van der Waals surface area (Å²) in [6.45, 7) is 6.29. The third kappa shape index (κ3) is 2.95. The number of aromatic carboxylic acids is 1. The number of hydrogen-bond acceptors (Lipinski definition) is 2. The molecule has 1 aromatic heterocycles. The first-order chi connectivity index (χ1) is 11.5. The number of rotatable bonds is 4. The molecule has 0 aliphatic heterocycles. The van der Waals surface area contributed by atoms with Crippen molar-refractivity contribution in [3.63, 3.8) is 0 Å². The fraction of sp³-hybridized carbons (Fsp3) is 0.200. The summed E-state index contributed by atoms with van der Waals surface area (Å²) in [5, 5.41) is 9.33. The van der Waals surface area contributed by atoms with Crippen molar-refractivity contribution in [1.29, 1.82) is 0 Å². The summed E-state index contributed by atoms with van der Waals surface area (Å²) in [5.41, 5.74) is 4.17. The molecular weight excluding hydrogens is 300 g/mol. The first kappa shape index (κ1) is 16.0. The highest BCUT2D eigenvalue weighted by atomic mass is 16.4. The lowest BCUT2D eigenvalue weighted by atomic mass is 10.0. The summed E-state index contributed by atoms with van der Waals surface area (Å²) in [4.78, 5) is 15.7. The average molecular weight is 320 g/mol. The van der Waals surface area contributed by atoms with Crippen molar-refractivity contribution in [3.8, 4) is 17.1 Å². The van der Waals surface area contributed by atoms with Crippen molar-refractivity contribution in [3.05, 3.63) is 71.5 Å². The summed E-state index contributed by atoms with van der Waals surface area (Å²) < 4.78 is 1.84. The van der Waals surface area contributed by atoms with Crippen LogP contribution in [0, 0.1) is 6.92 Å². The zero-order valence-electron chi connectivity index (χ0n) is 14.0. The van der Waals surface area contributed by atoms with Crippen LogP contribution < -0.4 is 0 Å². The molecule has 0 saturated heterocycles.